The number of guanidine groups is 1. The third-order valence-corrected chi connectivity index (χ3v) is 3.66. The first-order valence-electron chi connectivity index (χ1n) is 7.96. The van der Waals surface area contributed by atoms with E-state index in [4.69, 9.17) is 5.73 Å². The van der Waals surface area contributed by atoms with Gasteiger partial charge in [-0.25, -0.2) is 4.99 Å². The molecule has 23 heavy (non-hydrogen) atoms. The zero-order chi connectivity index (χ0) is 16.7. The molecule has 2 aromatic rings. The molecule has 4 heteroatoms. The van der Waals surface area contributed by atoms with Crippen molar-refractivity contribution in [3.8, 4) is 0 Å². The molecular weight excluding hydrogens is 284 g/mol. The van der Waals surface area contributed by atoms with E-state index in [1.165, 1.54) is 16.7 Å². The van der Waals surface area contributed by atoms with E-state index in [0.717, 1.165) is 18.7 Å². The number of hydrogen-bond acceptors (Lipinski definition) is 2. The third-order valence-electron chi connectivity index (χ3n) is 3.66. The Labute approximate surface area is 139 Å². The van der Waals surface area contributed by atoms with E-state index in [2.05, 4.69) is 66.6 Å². The summed E-state index contributed by atoms with van der Waals surface area (Å²) in [6, 6.07) is 16.6. The lowest BCUT2D eigenvalue weighted by Crippen LogP contribution is -2.22. The van der Waals surface area contributed by atoms with Crippen LogP contribution in [0, 0.1) is 0 Å². The van der Waals surface area contributed by atoms with Crippen molar-refractivity contribution in [1.29, 1.82) is 0 Å². The number of nitrogens with one attached hydrogen (secondary N) is 1. The summed E-state index contributed by atoms with van der Waals surface area (Å²) in [6.07, 6.45) is 1.03. The van der Waals surface area contributed by atoms with Crippen molar-refractivity contribution in [2.45, 2.75) is 26.4 Å². The highest BCUT2D eigenvalue weighted by atomic mass is 15.1. The maximum Gasteiger partial charge on any atom is 0.193 e. The number of benzene rings is 2. The molecule has 0 aliphatic rings. The second-order valence-electron chi connectivity index (χ2n) is 5.88. The van der Waals surface area contributed by atoms with Crippen LogP contribution in [-0.2, 0) is 19.5 Å². The van der Waals surface area contributed by atoms with Crippen LogP contribution in [0.1, 0.15) is 23.6 Å². The molecule has 0 bridgehead atoms. The highest BCUT2D eigenvalue weighted by molar-refractivity contribution is 5.92. The number of aliphatic imine (C=N–C) groups is 1. The summed E-state index contributed by atoms with van der Waals surface area (Å²) >= 11 is 0. The molecule has 0 aliphatic heterocycles. The van der Waals surface area contributed by atoms with Crippen LogP contribution >= 0.6 is 0 Å². The predicted molar refractivity (Wildman–Crippen MR) is 98.6 cm³/mol. The van der Waals surface area contributed by atoms with E-state index < -0.39 is 0 Å². The molecule has 0 aliphatic carbocycles. The summed E-state index contributed by atoms with van der Waals surface area (Å²) < 4.78 is 0. The van der Waals surface area contributed by atoms with Crippen molar-refractivity contribution in [1.82, 2.24) is 4.90 Å². The lowest BCUT2D eigenvalue weighted by Gasteiger charge is -2.13. The average molecular weight is 310 g/mol. The molecule has 0 atom stereocenters. The van der Waals surface area contributed by atoms with Gasteiger partial charge in [0.1, 0.15) is 0 Å². The van der Waals surface area contributed by atoms with Crippen molar-refractivity contribution in [2.24, 2.45) is 10.7 Å². The number of nitrogens with zero attached hydrogens (tertiary/aromatic N) is 2. The van der Waals surface area contributed by atoms with Crippen molar-refractivity contribution < 1.29 is 0 Å². The lowest BCUT2D eigenvalue weighted by molar-refractivity contribution is 0.401. The Balaban J connectivity index is 2.01. The Hall–Kier alpha value is -2.33. The predicted octanol–water partition coefficient (Wildman–Crippen LogP) is 3.24. The zero-order valence-corrected chi connectivity index (χ0v) is 14.2. The van der Waals surface area contributed by atoms with Gasteiger partial charge in [-0.15, -0.1) is 0 Å². The van der Waals surface area contributed by atoms with Gasteiger partial charge in [-0.3, -0.25) is 0 Å². The Bertz CT molecular complexity index is 645. The van der Waals surface area contributed by atoms with Crippen LogP contribution in [0.25, 0.3) is 0 Å². The molecule has 0 aromatic heterocycles. The fraction of sp³-hybridized carbons (Fsp3) is 0.316. The van der Waals surface area contributed by atoms with Gasteiger partial charge in [0, 0.05) is 12.2 Å². The molecular formula is C19H26N4. The molecule has 2 rings (SSSR count). The number of aryl methyl sites for hydroxylation is 1. The third kappa shape index (κ3) is 5.42. The SMILES string of the molecule is CCc1ccc(NC(N)=NCc2ccccc2CN(C)C)cc1. The molecule has 122 valence electrons. The number of hydrogen-bond donors (Lipinski definition) is 2. The van der Waals surface area contributed by atoms with Crippen LogP contribution < -0.4 is 11.1 Å². The topological polar surface area (TPSA) is 53.6 Å². The molecule has 0 amide bonds. The molecule has 0 unspecified atom stereocenters. The summed E-state index contributed by atoms with van der Waals surface area (Å²) in [5.41, 5.74) is 10.8. The van der Waals surface area contributed by atoms with Gasteiger partial charge < -0.3 is 16.0 Å². The average Bonchev–Trinajstić information content (AvgIpc) is 2.54. The lowest BCUT2D eigenvalue weighted by atomic mass is 10.1. The minimum atomic E-state index is 0.439. The first-order chi connectivity index (χ1) is 11.1. The highest BCUT2D eigenvalue weighted by Gasteiger charge is 2.03. The maximum absolute atomic E-state index is 6.00. The Morgan fingerprint density at radius 2 is 1.70 bits per heavy atom. The van der Waals surface area contributed by atoms with Crippen molar-refractivity contribution in [3.05, 3.63) is 65.2 Å². The quantitative estimate of drug-likeness (QED) is 0.636. The standard InChI is InChI=1S/C19H26N4/c1-4-15-9-11-18(12-10-15)22-19(20)21-13-16-7-5-6-8-17(16)14-23(2)3/h5-12H,4,13-14H2,1-3H3,(H3,20,21,22). The summed E-state index contributed by atoms with van der Waals surface area (Å²) in [5, 5.41) is 3.14. The fourth-order valence-corrected chi connectivity index (χ4v) is 2.39. The molecule has 2 aromatic carbocycles. The number of rotatable bonds is 6. The van der Waals surface area contributed by atoms with Crippen molar-refractivity contribution >= 4 is 11.6 Å². The van der Waals surface area contributed by atoms with Crippen LogP contribution in [0.2, 0.25) is 0 Å². The molecule has 0 spiro atoms. The Kier molecular flexibility index (Phi) is 6.18. The minimum absolute atomic E-state index is 0.439. The highest BCUT2D eigenvalue weighted by Crippen LogP contribution is 2.13. The Morgan fingerprint density at radius 1 is 1.04 bits per heavy atom. The Morgan fingerprint density at radius 3 is 2.30 bits per heavy atom. The largest absolute Gasteiger partial charge is 0.370 e. The monoisotopic (exact) mass is 310 g/mol. The van der Waals surface area contributed by atoms with Gasteiger partial charge >= 0.3 is 0 Å². The second-order valence-corrected chi connectivity index (χ2v) is 5.88. The number of anilines is 1. The minimum Gasteiger partial charge on any atom is -0.370 e. The van der Waals surface area contributed by atoms with Crippen LogP contribution in [0.15, 0.2) is 53.5 Å². The van der Waals surface area contributed by atoms with E-state index in [0.29, 0.717) is 12.5 Å². The molecule has 3 N–H and O–H groups in total. The van der Waals surface area contributed by atoms with E-state index in [9.17, 15) is 0 Å². The molecule has 0 saturated carbocycles. The van der Waals surface area contributed by atoms with Gasteiger partial charge in [0.05, 0.1) is 6.54 Å². The summed E-state index contributed by atoms with van der Waals surface area (Å²) in [7, 11) is 4.13. The molecule has 4 nitrogen and oxygen atoms in total. The van der Waals surface area contributed by atoms with Gasteiger partial charge in [-0.1, -0.05) is 43.3 Å². The van der Waals surface area contributed by atoms with Crippen LogP contribution in [-0.4, -0.2) is 25.0 Å². The van der Waals surface area contributed by atoms with E-state index in [1.54, 1.807) is 0 Å². The van der Waals surface area contributed by atoms with E-state index in [1.807, 2.05) is 18.2 Å². The normalized spacial score (nSPS) is 11.7. The van der Waals surface area contributed by atoms with Gasteiger partial charge in [0.2, 0.25) is 0 Å². The summed E-state index contributed by atoms with van der Waals surface area (Å²) in [6.45, 7) is 3.62. The first kappa shape index (κ1) is 17.0. The van der Waals surface area contributed by atoms with Crippen LogP contribution in [0.4, 0.5) is 5.69 Å². The maximum atomic E-state index is 6.00. The molecule has 0 radical (unpaired) electrons. The molecule has 0 fully saturated rings. The summed E-state index contributed by atoms with van der Waals surface area (Å²) in [4.78, 5) is 6.62. The van der Waals surface area contributed by atoms with Crippen LogP contribution in [0.5, 0.6) is 0 Å². The fourth-order valence-electron chi connectivity index (χ4n) is 2.39. The molecule has 0 heterocycles. The van der Waals surface area contributed by atoms with Gasteiger partial charge in [0.25, 0.3) is 0 Å². The van der Waals surface area contributed by atoms with Crippen LogP contribution in [0.3, 0.4) is 0 Å². The van der Waals surface area contributed by atoms with E-state index >= 15 is 0 Å². The molecule has 0 saturated heterocycles. The number of nitrogens with two attached hydrogens (primary N) is 1. The van der Waals surface area contributed by atoms with Gasteiger partial charge in [-0.2, -0.15) is 0 Å². The summed E-state index contributed by atoms with van der Waals surface area (Å²) in [5.74, 6) is 0.439. The second kappa shape index (κ2) is 8.34. The van der Waals surface area contributed by atoms with E-state index in [-0.39, 0.29) is 0 Å². The smallest absolute Gasteiger partial charge is 0.193 e. The van der Waals surface area contributed by atoms with Gasteiger partial charge in [0.15, 0.2) is 5.96 Å². The zero-order valence-electron chi connectivity index (χ0n) is 14.2. The van der Waals surface area contributed by atoms with Crippen molar-refractivity contribution in [2.75, 3.05) is 19.4 Å². The van der Waals surface area contributed by atoms with Gasteiger partial charge in [-0.05, 0) is 49.3 Å². The first-order valence-corrected chi connectivity index (χ1v) is 7.96. The van der Waals surface area contributed by atoms with Crippen molar-refractivity contribution in [3.63, 3.8) is 0 Å².